The second-order valence-corrected chi connectivity index (χ2v) is 8.87. The van der Waals surface area contributed by atoms with Gasteiger partial charge in [0.05, 0.1) is 17.5 Å². The number of benzene rings is 2. The monoisotopic (exact) mass is 453 g/mol. The van der Waals surface area contributed by atoms with Crippen LogP contribution in [-0.2, 0) is 4.79 Å². The summed E-state index contributed by atoms with van der Waals surface area (Å²) >= 11 is 2.81. The van der Waals surface area contributed by atoms with Gasteiger partial charge in [-0.1, -0.05) is 42.1 Å². The molecule has 0 aliphatic carbocycles. The molecule has 158 valence electrons. The van der Waals surface area contributed by atoms with Crippen LogP contribution in [0, 0.1) is 19.7 Å². The maximum absolute atomic E-state index is 13.4. The van der Waals surface area contributed by atoms with Crippen molar-refractivity contribution in [3.8, 4) is 5.69 Å². The Balaban J connectivity index is 1.48. The molecular weight excluding hydrogens is 433 g/mol. The summed E-state index contributed by atoms with van der Waals surface area (Å²) in [6.07, 6.45) is 0. The largest absolute Gasteiger partial charge is 0.344 e. The second-order valence-electron chi connectivity index (χ2n) is 6.95. The Hall–Kier alpha value is -3.04. The SMILES string of the molecule is Cc1cccc(-n2nnnc2SCC(=O)N[C@H](c2ccc(F)cc2)c2cccs2)c1C. The minimum Gasteiger partial charge on any atom is -0.344 e. The molecule has 2 heterocycles. The van der Waals surface area contributed by atoms with Crippen LogP contribution >= 0.6 is 23.1 Å². The number of halogens is 1. The van der Waals surface area contributed by atoms with Crippen LogP contribution in [0.1, 0.15) is 27.6 Å². The third kappa shape index (κ3) is 4.83. The standard InChI is InChI=1S/C22H20FN5OS2/c1-14-5-3-6-18(15(14)2)28-22(25-26-27-28)31-13-20(29)24-21(19-7-4-12-30-19)16-8-10-17(23)11-9-16/h3-12,21H,13H2,1-2H3,(H,24,29)/t21-/m1/s1. The van der Waals surface area contributed by atoms with E-state index in [2.05, 4.69) is 20.8 Å². The molecule has 9 heteroatoms. The van der Waals surface area contributed by atoms with Crippen molar-refractivity contribution in [3.05, 3.63) is 87.4 Å². The lowest BCUT2D eigenvalue weighted by atomic mass is 10.1. The highest BCUT2D eigenvalue weighted by Crippen LogP contribution is 2.27. The highest BCUT2D eigenvalue weighted by molar-refractivity contribution is 7.99. The van der Waals surface area contributed by atoms with Crippen molar-refractivity contribution in [1.82, 2.24) is 25.5 Å². The molecule has 0 bridgehead atoms. The van der Waals surface area contributed by atoms with E-state index >= 15 is 0 Å². The first-order valence-electron chi connectivity index (χ1n) is 9.59. The molecule has 2 aromatic heterocycles. The smallest absolute Gasteiger partial charge is 0.231 e. The average Bonchev–Trinajstić information content (AvgIpc) is 3.45. The van der Waals surface area contributed by atoms with E-state index in [1.165, 1.54) is 35.2 Å². The zero-order valence-corrected chi connectivity index (χ0v) is 18.6. The molecule has 1 N–H and O–H groups in total. The van der Waals surface area contributed by atoms with E-state index in [4.69, 9.17) is 0 Å². The van der Waals surface area contributed by atoms with E-state index in [0.717, 1.165) is 27.3 Å². The topological polar surface area (TPSA) is 72.7 Å². The number of thiophene rings is 1. The number of aryl methyl sites for hydroxylation is 1. The maximum Gasteiger partial charge on any atom is 0.231 e. The zero-order valence-electron chi connectivity index (χ0n) is 16.9. The van der Waals surface area contributed by atoms with Crippen LogP contribution in [-0.4, -0.2) is 31.9 Å². The quantitative estimate of drug-likeness (QED) is 0.418. The summed E-state index contributed by atoms with van der Waals surface area (Å²) in [6.45, 7) is 4.05. The zero-order chi connectivity index (χ0) is 21.8. The van der Waals surface area contributed by atoms with Gasteiger partial charge in [-0.25, -0.2) is 4.39 Å². The highest BCUT2D eigenvalue weighted by Gasteiger charge is 2.19. The van der Waals surface area contributed by atoms with Gasteiger partial charge in [-0.05, 0) is 70.6 Å². The predicted molar refractivity (Wildman–Crippen MR) is 120 cm³/mol. The van der Waals surface area contributed by atoms with Crippen LogP contribution < -0.4 is 5.32 Å². The van der Waals surface area contributed by atoms with Crippen molar-refractivity contribution in [2.45, 2.75) is 25.0 Å². The lowest BCUT2D eigenvalue weighted by Crippen LogP contribution is -2.30. The summed E-state index contributed by atoms with van der Waals surface area (Å²) in [4.78, 5) is 13.8. The van der Waals surface area contributed by atoms with Gasteiger partial charge in [-0.3, -0.25) is 4.79 Å². The number of aromatic nitrogens is 4. The summed E-state index contributed by atoms with van der Waals surface area (Å²) in [7, 11) is 0. The Labute approximate surface area is 187 Å². The molecule has 2 aromatic carbocycles. The van der Waals surface area contributed by atoms with Gasteiger partial charge in [-0.15, -0.1) is 16.4 Å². The number of amides is 1. The van der Waals surface area contributed by atoms with Gasteiger partial charge in [0.2, 0.25) is 11.1 Å². The van der Waals surface area contributed by atoms with Gasteiger partial charge in [-0.2, -0.15) is 4.68 Å². The Morgan fingerprint density at radius 2 is 1.97 bits per heavy atom. The molecule has 0 radical (unpaired) electrons. The molecule has 1 amide bonds. The van der Waals surface area contributed by atoms with Crippen LogP contribution in [0.3, 0.4) is 0 Å². The molecule has 6 nitrogen and oxygen atoms in total. The van der Waals surface area contributed by atoms with E-state index in [-0.39, 0.29) is 23.5 Å². The number of hydrogen-bond acceptors (Lipinski definition) is 6. The number of nitrogens with zero attached hydrogens (tertiary/aromatic N) is 4. The van der Waals surface area contributed by atoms with E-state index in [9.17, 15) is 9.18 Å². The molecule has 0 spiro atoms. The molecular formula is C22H20FN5OS2. The van der Waals surface area contributed by atoms with Crippen LogP contribution in [0.15, 0.2) is 65.1 Å². The number of carbonyl (C=O) groups is 1. The Morgan fingerprint density at radius 3 is 2.71 bits per heavy atom. The molecule has 4 aromatic rings. The minimum atomic E-state index is -0.344. The van der Waals surface area contributed by atoms with Crippen molar-refractivity contribution >= 4 is 29.0 Å². The van der Waals surface area contributed by atoms with Gasteiger partial charge in [0, 0.05) is 4.88 Å². The van der Waals surface area contributed by atoms with Crippen molar-refractivity contribution in [1.29, 1.82) is 0 Å². The van der Waals surface area contributed by atoms with Gasteiger partial charge >= 0.3 is 0 Å². The molecule has 0 aliphatic rings. The van der Waals surface area contributed by atoms with Crippen LogP contribution in [0.2, 0.25) is 0 Å². The average molecular weight is 454 g/mol. The van der Waals surface area contributed by atoms with Crippen LogP contribution in [0.5, 0.6) is 0 Å². The Bertz CT molecular complexity index is 1180. The lowest BCUT2D eigenvalue weighted by molar-refractivity contribution is -0.119. The third-order valence-electron chi connectivity index (χ3n) is 4.91. The molecule has 31 heavy (non-hydrogen) atoms. The fourth-order valence-corrected chi connectivity index (χ4v) is 4.64. The van der Waals surface area contributed by atoms with Crippen LogP contribution in [0.4, 0.5) is 4.39 Å². The van der Waals surface area contributed by atoms with Gasteiger partial charge in [0.25, 0.3) is 0 Å². The first-order valence-corrected chi connectivity index (χ1v) is 11.5. The molecule has 0 saturated heterocycles. The van der Waals surface area contributed by atoms with Crippen molar-refractivity contribution in [2.24, 2.45) is 0 Å². The normalized spacial score (nSPS) is 12.0. The second kappa shape index (κ2) is 9.40. The molecule has 1 atom stereocenters. The number of carbonyl (C=O) groups excluding carboxylic acids is 1. The van der Waals surface area contributed by atoms with E-state index in [1.54, 1.807) is 16.8 Å². The Kier molecular flexibility index (Phi) is 6.43. The van der Waals surface area contributed by atoms with Crippen molar-refractivity contribution in [3.63, 3.8) is 0 Å². The highest BCUT2D eigenvalue weighted by atomic mass is 32.2. The fourth-order valence-electron chi connectivity index (χ4n) is 3.15. The molecule has 0 unspecified atom stereocenters. The molecule has 0 aliphatic heterocycles. The van der Waals surface area contributed by atoms with E-state index in [1.807, 2.05) is 49.6 Å². The number of thioether (sulfide) groups is 1. The predicted octanol–water partition coefficient (Wildman–Crippen LogP) is 4.48. The number of tetrazole rings is 1. The van der Waals surface area contributed by atoms with Crippen molar-refractivity contribution in [2.75, 3.05) is 5.75 Å². The maximum atomic E-state index is 13.4. The van der Waals surface area contributed by atoms with Crippen LogP contribution in [0.25, 0.3) is 5.69 Å². The van der Waals surface area contributed by atoms with Gasteiger partial charge in [0.15, 0.2) is 0 Å². The van der Waals surface area contributed by atoms with Gasteiger partial charge in [0.1, 0.15) is 5.82 Å². The molecule has 0 saturated carbocycles. The number of hydrogen-bond donors (Lipinski definition) is 1. The summed E-state index contributed by atoms with van der Waals surface area (Å²) < 4.78 is 15.0. The van der Waals surface area contributed by atoms with E-state index in [0.29, 0.717) is 5.16 Å². The first-order chi connectivity index (χ1) is 15.0. The molecule has 0 fully saturated rings. The number of rotatable bonds is 7. The summed E-state index contributed by atoms with van der Waals surface area (Å²) in [5.74, 6) is -0.328. The Morgan fingerprint density at radius 1 is 1.16 bits per heavy atom. The lowest BCUT2D eigenvalue weighted by Gasteiger charge is -2.18. The minimum absolute atomic E-state index is 0.147. The summed E-state index contributed by atoms with van der Waals surface area (Å²) in [5.41, 5.74) is 3.92. The first kappa shape index (κ1) is 21.2. The summed E-state index contributed by atoms with van der Waals surface area (Å²) in [6, 6.07) is 15.6. The third-order valence-corrected chi connectivity index (χ3v) is 6.77. The summed E-state index contributed by atoms with van der Waals surface area (Å²) in [5, 5.41) is 17.5. The fraction of sp³-hybridized carbons (Fsp3) is 0.182. The van der Waals surface area contributed by atoms with Crippen molar-refractivity contribution < 1.29 is 9.18 Å². The van der Waals surface area contributed by atoms with Gasteiger partial charge < -0.3 is 5.32 Å². The molecule has 4 rings (SSSR count). The van der Waals surface area contributed by atoms with E-state index < -0.39 is 0 Å². The number of nitrogens with one attached hydrogen (secondary N) is 1.